The van der Waals surface area contributed by atoms with E-state index in [0.717, 1.165) is 11.1 Å². The van der Waals surface area contributed by atoms with Crippen LogP contribution in [0.25, 0.3) is 0 Å². The SMILES string of the molecule is O=C(NN=C(c1ccccc1)c1ccncc1)c1ccco1. The van der Waals surface area contributed by atoms with Crippen LogP contribution in [0.4, 0.5) is 0 Å². The fourth-order valence-electron chi connectivity index (χ4n) is 1.97. The van der Waals surface area contributed by atoms with Crippen molar-refractivity contribution in [1.82, 2.24) is 10.4 Å². The lowest BCUT2D eigenvalue weighted by atomic mass is 10.0. The number of benzene rings is 1. The van der Waals surface area contributed by atoms with E-state index in [1.54, 1.807) is 24.5 Å². The van der Waals surface area contributed by atoms with Gasteiger partial charge in [0.2, 0.25) is 0 Å². The Hall–Kier alpha value is -3.21. The molecule has 0 unspecified atom stereocenters. The minimum Gasteiger partial charge on any atom is -0.459 e. The number of carbonyl (C=O) groups excluding carboxylic acids is 1. The molecular weight excluding hydrogens is 278 g/mol. The Kier molecular flexibility index (Phi) is 4.06. The molecule has 0 atom stereocenters. The molecule has 0 fully saturated rings. The van der Waals surface area contributed by atoms with Crippen LogP contribution in [0.15, 0.2) is 82.8 Å². The van der Waals surface area contributed by atoms with Gasteiger partial charge in [-0.2, -0.15) is 5.10 Å². The molecule has 0 spiro atoms. The van der Waals surface area contributed by atoms with Gasteiger partial charge in [-0.1, -0.05) is 30.3 Å². The van der Waals surface area contributed by atoms with Crippen LogP contribution in [0.5, 0.6) is 0 Å². The lowest BCUT2D eigenvalue weighted by Gasteiger charge is -2.07. The summed E-state index contributed by atoms with van der Waals surface area (Å²) in [4.78, 5) is 15.9. The van der Waals surface area contributed by atoms with Crippen LogP contribution >= 0.6 is 0 Å². The molecule has 0 aliphatic heterocycles. The number of carbonyl (C=O) groups is 1. The number of aromatic nitrogens is 1. The number of furan rings is 1. The molecule has 1 aromatic carbocycles. The Morgan fingerprint density at radius 3 is 2.36 bits per heavy atom. The molecule has 0 saturated heterocycles. The zero-order valence-electron chi connectivity index (χ0n) is 11.6. The van der Waals surface area contributed by atoms with Crippen LogP contribution < -0.4 is 5.43 Å². The molecular formula is C17H13N3O2. The fourth-order valence-corrected chi connectivity index (χ4v) is 1.97. The second-order valence-electron chi connectivity index (χ2n) is 4.48. The molecule has 108 valence electrons. The molecule has 2 heterocycles. The summed E-state index contributed by atoms with van der Waals surface area (Å²) in [6.45, 7) is 0. The third-order valence-corrected chi connectivity index (χ3v) is 3.02. The highest BCUT2D eigenvalue weighted by Crippen LogP contribution is 2.10. The van der Waals surface area contributed by atoms with Crippen molar-refractivity contribution >= 4 is 11.6 Å². The van der Waals surface area contributed by atoms with Gasteiger partial charge in [-0.25, -0.2) is 5.43 Å². The zero-order valence-corrected chi connectivity index (χ0v) is 11.6. The molecule has 2 aromatic heterocycles. The monoisotopic (exact) mass is 291 g/mol. The smallest absolute Gasteiger partial charge is 0.307 e. The van der Waals surface area contributed by atoms with Crippen molar-refractivity contribution in [2.75, 3.05) is 0 Å². The minimum atomic E-state index is -0.396. The maximum Gasteiger partial charge on any atom is 0.307 e. The van der Waals surface area contributed by atoms with E-state index >= 15 is 0 Å². The van der Waals surface area contributed by atoms with E-state index in [1.165, 1.54) is 6.26 Å². The highest BCUT2D eigenvalue weighted by molar-refractivity contribution is 6.13. The molecule has 0 bridgehead atoms. The largest absolute Gasteiger partial charge is 0.459 e. The van der Waals surface area contributed by atoms with Crippen molar-refractivity contribution in [2.45, 2.75) is 0 Å². The van der Waals surface area contributed by atoms with E-state index in [1.807, 2.05) is 42.5 Å². The van der Waals surface area contributed by atoms with Crippen LogP contribution in [-0.2, 0) is 0 Å². The predicted molar refractivity (Wildman–Crippen MR) is 82.5 cm³/mol. The second kappa shape index (κ2) is 6.49. The van der Waals surface area contributed by atoms with E-state index in [-0.39, 0.29) is 5.76 Å². The van der Waals surface area contributed by atoms with Crippen molar-refractivity contribution in [1.29, 1.82) is 0 Å². The van der Waals surface area contributed by atoms with Crippen molar-refractivity contribution in [3.63, 3.8) is 0 Å². The van der Waals surface area contributed by atoms with Gasteiger partial charge in [0.25, 0.3) is 0 Å². The number of pyridine rings is 1. The number of hydrogen-bond donors (Lipinski definition) is 1. The van der Waals surface area contributed by atoms with E-state index < -0.39 is 5.91 Å². The molecule has 3 rings (SSSR count). The number of amides is 1. The second-order valence-corrected chi connectivity index (χ2v) is 4.48. The van der Waals surface area contributed by atoms with Crippen molar-refractivity contribution in [3.05, 3.63) is 90.1 Å². The molecule has 0 aliphatic carbocycles. The Morgan fingerprint density at radius 1 is 0.955 bits per heavy atom. The first-order valence-corrected chi connectivity index (χ1v) is 6.72. The van der Waals surface area contributed by atoms with Gasteiger partial charge in [-0.05, 0) is 24.3 Å². The summed E-state index contributed by atoms with van der Waals surface area (Å²) in [5, 5.41) is 4.25. The van der Waals surface area contributed by atoms with Crippen molar-refractivity contribution < 1.29 is 9.21 Å². The van der Waals surface area contributed by atoms with Gasteiger partial charge in [0.15, 0.2) is 5.76 Å². The Bertz CT molecular complexity index is 725. The summed E-state index contributed by atoms with van der Waals surface area (Å²) in [7, 11) is 0. The van der Waals surface area contributed by atoms with Gasteiger partial charge < -0.3 is 4.42 Å². The molecule has 0 aliphatic rings. The number of hydrogen-bond acceptors (Lipinski definition) is 4. The van der Waals surface area contributed by atoms with Crippen molar-refractivity contribution in [3.8, 4) is 0 Å². The van der Waals surface area contributed by atoms with Gasteiger partial charge in [0.05, 0.1) is 12.0 Å². The van der Waals surface area contributed by atoms with Crippen LogP contribution in [0.3, 0.4) is 0 Å². The fraction of sp³-hybridized carbons (Fsp3) is 0. The highest BCUT2D eigenvalue weighted by Gasteiger charge is 2.10. The molecule has 0 radical (unpaired) electrons. The van der Waals surface area contributed by atoms with Crippen molar-refractivity contribution in [2.24, 2.45) is 5.10 Å². The Morgan fingerprint density at radius 2 is 1.68 bits per heavy atom. The molecule has 3 aromatic rings. The lowest BCUT2D eigenvalue weighted by Crippen LogP contribution is -2.20. The van der Waals surface area contributed by atoms with Gasteiger partial charge in [-0.3, -0.25) is 9.78 Å². The standard InChI is InChI=1S/C17H13N3O2/c21-17(15-7-4-12-22-15)20-19-16(13-5-2-1-3-6-13)14-8-10-18-11-9-14/h1-12H,(H,20,21). The summed E-state index contributed by atoms with van der Waals surface area (Å²) in [6.07, 6.45) is 4.81. The van der Waals surface area contributed by atoms with Crippen LogP contribution in [0.2, 0.25) is 0 Å². The van der Waals surface area contributed by atoms with E-state index in [9.17, 15) is 4.79 Å². The third-order valence-electron chi connectivity index (χ3n) is 3.02. The van der Waals surface area contributed by atoms with E-state index in [4.69, 9.17) is 4.42 Å². The minimum absolute atomic E-state index is 0.214. The quantitative estimate of drug-likeness (QED) is 0.593. The molecule has 1 N–H and O–H groups in total. The Balaban J connectivity index is 1.92. The highest BCUT2D eigenvalue weighted by atomic mass is 16.3. The van der Waals surface area contributed by atoms with E-state index in [2.05, 4.69) is 15.5 Å². The van der Waals surface area contributed by atoms with Crippen LogP contribution in [0.1, 0.15) is 21.7 Å². The Labute approximate surface area is 127 Å². The average molecular weight is 291 g/mol. The summed E-state index contributed by atoms with van der Waals surface area (Å²) in [6, 6.07) is 16.5. The number of nitrogens with one attached hydrogen (secondary N) is 1. The molecule has 5 heteroatoms. The first-order valence-electron chi connectivity index (χ1n) is 6.72. The van der Waals surface area contributed by atoms with Gasteiger partial charge in [0.1, 0.15) is 0 Å². The maximum atomic E-state index is 11.9. The van der Waals surface area contributed by atoms with Crippen LogP contribution in [0, 0.1) is 0 Å². The average Bonchev–Trinajstić information content (AvgIpc) is 3.11. The first-order chi connectivity index (χ1) is 10.8. The molecule has 0 saturated carbocycles. The summed E-state index contributed by atoms with van der Waals surface area (Å²) >= 11 is 0. The molecule has 1 amide bonds. The van der Waals surface area contributed by atoms with Gasteiger partial charge >= 0.3 is 5.91 Å². The molecule has 22 heavy (non-hydrogen) atoms. The summed E-state index contributed by atoms with van der Waals surface area (Å²) < 4.78 is 5.05. The maximum absolute atomic E-state index is 11.9. The first kappa shape index (κ1) is 13.8. The van der Waals surface area contributed by atoms with Gasteiger partial charge in [-0.15, -0.1) is 0 Å². The normalized spacial score (nSPS) is 11.2. The molecule has 5 nitrogen and oxygen atoms in total. The van der Waals surface area contributed by atoms with Crippen LogP contribution in [-0.4, -0.2) is 16.6 Å². The van der Waals surface area contributed by atoms with Gasteiger partial charge in [0, 0.05) is 23.5 Å². The van der Waals surface area contributed by atoms with E-state index in [0.29, 0.717) is 5.71 Å². The topological polar surface area (TPSA) is 67.5 Å². The number of nitrogens with zero attached hydrogens (tertiary/aromatic N) is 2. The number of hydrazone groups is 1. The third kappa shape index (κ3) is 3.09. The predicted octanol–water partition coefficient (Wildman–Crippen LogP) is 2.86. The zero-order chi connectivity index (χ0) is 15.2. The summed E-state index contributed by atoms with van der Waals surface area (Å²) in [5.74, 6) is -0.182. The number of rotatable bonds is 4. The lowest BCUT2D eigenvalue weighted by molar-refractivity contribution is 0.0927. The summed E-state index contributed by atoms with van der Waals surface area (Å²) in [5.41, 5.74) is 4.93.